The quantitative estimate of drug-likeness (QED) is 0.0153. The number of methoxy groups -OCH3 is 4. The molecule has 16 aromatic rings. The minimum Gasteiger partial charge on any atom is -0.481 e. The number of anilines is 12. The van der Waals surface area contributed by atoms with Crippen LogP contribution in [-0.4, -0.2) is 125 Å². The maximum Gasteiger partial charge on any atom is 0.255 e. The van der Waals surface area contributed by atoms with E-state index in [0.29, 0.717) is 143 Å². The predicted octanol–water partition coefficient (Wildman–Crippen LogP) is 14.9. The van der Waals surface area contributed by atoms with Crippen molar-refractivity contribution in [3.8, 4) is 23.1 Å². The minimum absolute atomic E-state index is 0.194. The average Bonchev–Trinajstić information content (AvgIpc) is 1.73. The first-order valence-corrected chi connectivity index (χ1v) is 40.2. The molecule has 128 heavy (non-hydrogen) atoms. The van der Waals surface area contributed by atoms with Crippen molar-refractivity contribution in [2.24, 2.45) is 0 Å². The smallest absolute Gasteiger partial charge is 0.255 e. The number of benzene rings is 10. The zero-order valence-electron chi connectivity index (χ0n) is 70.6. The number of nitrogen functional groups attached to an aromatic ring is 5. The summed E-state index contributed by atoms with van der Waals surface area (Å²) in [5.74, 6) is 1.91. The van der Waals surface area contributed by atoms with Crippen LogP contribution >= 0.6 is 0 Å². The highest BCUT2D eigenvalue weighted by atomic mass is 16.5. The summed E-state index contributed by atoms with van der Waals surface area (Å²) in [5, 5.41) is 41.9. The number of hydrogen-bond acceptors (Lipinski definition) is 22. The number of rotatable bonds is 29. The largest absolute Gasteiger partial charge is 0.481 e. The molecule has 16 rings (SSSR count). The van der Waals surface area contributed by atoms with Gasteiger partial charge in [-0.15, -0.1) is 5.10 Å². The molecule has 0 aliphatic heterocycles. The van der Waals surface area contributed by atoms with Crippen LogP contribution in [0.2, 0.25) is 0 Å². The Labute approximate surface area is 738 Å². The number of nitrogens with zero attached hydrogens (tertiary/aromatic N) is 11. The lowest BCUT2D eigenvalue weighted by Gasteiger charge is -2.10. The molecule has 0 unspecified atom stereocenters. The number of hydrogen-bond donors (Lipinski definition) is 12. The van der Waals surface area contributed by atoms with Gasteiger partial charge in [-0.3, -0.25) is 43.0 Å². The number of ether oxygens (including phenoxy) is 4. The molecule has 32 nitrogen and oxygen atoms in total. The standard InChI is InChI=1S/C22H19N5O.2C19H21N5O2.2C18H18N4O2/c23-18-5-1-2-6-19(18)25-22(28)17-10-8-16(9-11-17)15-27-14-12-21(26-27)20-7-3-4-13-24-20;1-26-13-21-18-10-11-24(23-18)12-14-6-8-15(9-7-14)19(25)22-17-5-3-2-4-16(17)20;1-26-13-21-18-10-11-22-24(18)12-14-6-8-15(9-7-14)19(25)23-17-5-3-2-4-16(17)20;1-24-17-10-11-22(21-17)12-13-6-8-14(9-7-13)18(23)20-16-5-3-2-4-15(16)19;1-24-17-10-11-20-22(17)12-13-6-8-14(9-7-13)18(23)21-16-5-3-2-4-15(16)19/h1-14H,15,23H2,(H,25,28);2-11H,12-13,20H2,1H3,(H,21,23)(H,22,25);2-11,21H,12-13,20H2,1H3,(H,23,25);2-11H,12,19H2,1H3,(H,20,23);2-11H,12,19H2,1H3,(H,21,23). The number of nitrogens with two attached hydrogens (primary N) is 5. The molecule has 0 aliphatic rings. The third kappa shape index (κ3) is 26.4. The van der Waals surface area contributed by atoms with Crippen molar-refractivity contribution in [1.82, 2.24) is 53.9 Å². The first-order chi connectivity index (χ1) is 62.3. The van der Waals surface area contributed by atoms with Crippen LogP contribution in [-0.2, 0) is 42.2 Å². The lowest BCUT2D eigenvalue weighted by molar-refractivity contribution is 0.101. The fourth-order valence-corrected chi connectivity index (χ4v) is 12.4. The summed E-state index contributed by atoms with van der Waals surface area (Å²) in [7, 11) is 6.43. The van der Waals surface area contributed by atoms with E-state index in [1.54, 1.807) is 190 Å². The molecule has 0 fully saturated rings. The molecule has 0 atom stereocenters. The third-order valence-electron chi connectivity index (χ3n) is 19.3. The van der Waals surface area contributed by atoms with Gasteiger partial charge in [-0.2, -0.15) is 20.4 Å². The highest BCUT2D eigenvalue weighted by molar-refractivity contribution is 6.08. The normalized spacial score (nSPS) is 10.5. The van der Waals surface area contributed by atoms with Gasteiger partial charge in [0.1, 0.15) is 30.8 Å². The van der Waals surface area contributed by atoms with Gasteiger partial charge in [-0.05, 0) is 167 Å². The van der Waals surface area contributed by atoms with Gasteiger partial charge in [0.15, 0.2) is 0 Å². The van der Waals surface area contributed by atoms with Crippen molar-refractivity contribution in [2.45, 2.75) is 32.7 Å². The summed E-state index contributed by atoms with van der Waals surface area (Å²) in [4.78, 5) is 66.0. The van der Waals surface area contributed by atoms with E-state index >= 15 is 0 Å². The topological polar surface area (TPSA) is 439 Å². The van der Waals surface area contributed by atoms with Crippen LogP contribution in [0.25, 0.3) is 11.4 Å². The molecule has 0 spiro atoms. The Hall–Kier alpha value is -17.1. The summed E-state index contributed by atoms with van der Waals surface area (Å²) in [6, 6.07) is 87.8. The molecule has 6 heterocycles. The minimum atomic E-state index is -0.198. The van der Waals surface area contributed by atoms with Crippen LogP contribution in [0, 0.1) is 0 Å². The van der Waals surface area contributed by atoms with Crippen molar-refractivity contribution in [2.75, 3.05) is 108 Å². The zero-order chi connectivity index (χ0) is 89.9. The molecule has 5 amide bonds. The molecule has 32 heteroatoms. The van der Waals surface area contributed by atoms with Gasteiger partial charge in [-0.25, -0.2) is 9.36 Å². The van der Waals surface area contributed by atoms with E-state index in [0.717, 1.165) is 50.8 Å². The number of amides is 5. The Morgan fingerprint density at radius 2 is 0.641 bits per heavy atom. The Morgan fingerprint density at radius 1 is 0.305 bits per heavy atom. The average molecular weight is 1720 g/mol. The zero-order valence-corrected chi connectivity index (χ0v) is 70.6. The Bertz CT molecular complexity index is 6280. The summed E-state index contributed by atoms with van der Waals surface area (Å²) in [6.07, 6.45) is 10.8. The van der Waals surface area contributed by atoms with Crippen molar-refractivity contribution >= 4 is 98.0 Å². The van der Waals surface area contributed by atoms with Gasteiger partial charge >= 0.3 is 0 Å². The van der Waals surface area contributed by atoms with Crippen molar-refractivity contribution in [3.05, 3.63) is 384 Å². The second-order valence-corrected chi connectivity index (χ2v) is 28.4. The van der Waals surface area contributed by atoms with E-state index in [9.17, 15) is 24.0 Å². The van der Waals surface area contributed by atoms with Crippen LogP contribution in [0.5, 0.6) is 11.8 Å². The lowest BCUT2D eigenvalue weighted by atomic mass is 10.1. The van der Waals surface area contributed by atoms with Crippen molar-refractivity contribution in [3.63, 3.8) is 0 Å². The Morgan fingerprint density at radius 3 is 1.01 bits per heavy atom. The molecule has 650 valence electrons. The van der Waals surface area contributed by atoms with Crippen LogP contribution < -0.4 is 75.4 Å². The van der Waals surface area contributed by atoms with E-state index in [1.165, 1.54) is 0 Å². The summed E-state index contributed by atoms with van der Waals surface area (Å²) in [5.41, 5.74) is 44.7. The highest BCUT2D eigenvalue weighted by Crippen LogP contribution is 2.26. The molecule has 10 aromatic carbocycles. The number of carbonyl (C=O) groups is 5. The molecule has 0 saturated heterocycles. The number of aromatic nitrogens is 11. The number of pyridine rings is 1. The molecule has 0 radical (unpaired) electrons. The summed E-state index contributed by atoms with van der Waals surface area (Å²) < 4.78 is 29.3. The van der Waals surface area contributed by atoms with E-state index in [-0.39, 0.29) is 29.5 Å². The monoisotopic (exact) mass is 1720 g/mol. The SMILES string of the molecule is COCNc1ccn(Cc2ccc(C(=O)Nc3ccccc3N)cc2)n1.COCNc1ccnn1Cc1ccc(C(=O)Nc2ccccc2N)cc1.COc1ccn(Cc2ccc(C(=O)Nc3ccccc3N)cc2)n1.COc1ccnn1Cc1ccc(C(=O)Nc2ccccc2N)cc1.Nc1ccccc1NC(=O)c1ccc(Cn2ccc(-c3ccccn3)n2)cc1. The second kappa shape index (κ2) is 45.7. The van der Waals surface area contributed by atoms with Crippen LogP contribution in [0.3, 0.4) is 0 Å². The molecule has 17 N–H and O–H groups in total. The summed E-state index contributed by atoms with van der Waals surface area (Å²) in [6.45, 7) is 3.82. The van der Waals surface area contributed by atoms with Crippen molar-refractivity contribution < 1.29 is 42.9 Å². The Balaban J connectivity index is 0.000000145. The van der Waals surface area contributed by atoms with E-state index < -0.39 is 0 Å². The van der Waals surface area contributed by atoms with Gasteiger partial charge in [0.25, 0.3) is 29.5 Å². The van der Waals surface area contributed by atoms with Gasteiger partial charge in [-0.1, -0.05) is 127 Å². The van der Waals surface area contributed by atoms with Gasteiger partial charge in [0.2, 0.25) is 11.8 Å². The number of nitrogens with one attached hydrogen (secondary N) is 7. The number of carbonyl (C=O) groups excluding carboxylic acids is 5. The maximum absolute atomic E-state index is 12.4. The third-order valence-corrected chi connectivity index (χ3v) is 19.3. The molecule has 0 saturated carbocycles. The van der Waals surface area contributed by atoms with E-state index in [1.807, 2.05) is 190 Å². The summed E-state index contributed by atoms with van der Waals surface area (Å²) >= 11 is 0. The van der Waals surface area contributed by atoms with Crippen LogP contribution in [0.15, 0.2) is 328 Å². The molecular weight excluding hydrogens is 1620 g/mol. The first kappa shape index (κ1) is 90.1. The maximum atomic E-state index is 12.4. The Kier molecular flexibility index (Phi) is 32.1. The predicted molar refractivity (Wildman–Crippen MR) is 500 cm³/mol. The fraction of sp³-hybridized carbons (Fsp3) is 0.115. The van der Waals surface area contributed by atoms with Gasteiger partial charge in [0.05, 0.1) is 122 Å². The lowest BCUT2D eigenvalue weighted by Crippen LogP contribution is -2.13. The molecule has 0 aliphatic carbocycles. The van der Waals surface area contributed by atoms with Crippen molar-refractivity contribution in [1.29, 1.82) is 0 Å². The molecule has 0 bridgehead atoms. The van der Waals surface area contributed by atoms with E-state index in [2.05, 4.69) is 67.7 Å². The molecule has 6 aromatic heterocycles. The van der Waals surface area contributed by atoms with Crippen LogP contribution in [0.1, 0.15) is 79.6 Å². The van der Waals surface area contributed by atoms with Gasteiger partial charge < -0.3 is 84.8 Å². The van der Waals surface area contributed by atoms with E-state index in [4.69, 9.17) is 47.6 Å². The fourth-order valence-electron chi connectivity index (χ4n) is 12.4. The first-order valence-electron chi connectivity index (χ1n) is 40.2. The van der Waals surface area contributed by atoms with Gasteiger partial charge in [0, 0.05) is 91.1 Å². The second-order valence-electron chi connectivity index (χ2n) is 28.4. The highest BCUT2D eigenvalue weighted by Gasteiger charge is 2.16. The number of para-hydroxylation sites is 10. The molecular formula is C96H97N23O9. The van der Waals surface area contributed by atoms with Crippen LogP contribution in [0.4, 0.5) is 68.5 Å².